The number of halogens is 1. The Morgan fingerprint density at radius 2 is 1.71 bits per heavy atom. The zero-order valence-corrected chi connectivity index (χ0v) is 13.8. The summed E-state index contributed by atoms with van der Waals surface area (Å²) in [6.45, 7) is 1.14. The number of nitrogens with two attached hydrogens (primary N) is 1. The summed E-state index contributed by atoms with van der Waals surface area (Å²) >= 11 is 0. The van der Waals surface area contributed by atoms with Gasteiger partial charge in [0.25, 0.3) is 0 Å². The number of rotatable bonds is 3. The number of piperidine rings is 1. The maximum absolute atomic E-state index is 12.9. The van der Waals surface area contributed by atoms with Crippen molar-refractivity contribution in [2.24, 2.45) is 11.7 Å². The minimum atomic E-state index is -0.691. The van der Waals surface area contributed by atoms with Gasteiger partial charge in [0.05, 0.1) is 5.54 Å². The second-order valence-electron chi connectivity index (χ2n) is 6.93. The molecule has 3 N–H and O–H groups in total. The lowest BCUT2D eigenvalue weighted by Gasteiger charge is -2.36. The second-order valence-corrected chi connectivity index (χ2v) is 6.93. The van der Waals surface area contributed by atoms with E-state index in [2.05, 4.69) is 5.32 Å². The molecule has 24 heavy (non-hydrogen) atoms. The average molecular weight is 333 g/mol. The molecule has 0 atom stereocenters. The molecule has 0 aromatic heterocycles. The molecule has 3 rings (SSSR count). The summed E-state index contributed by atoms with van der Waals surface area (Å²) in [7, 11) is 0. The maximum atomic E-state index is 12.9. The summed E-state index contributed by atoms with van der Waals surface area (Å²) < 4.78 is 12.9. The zero-order chi connectivity index (χ0) is 17.2. The lowest BCUT2D eigenvalue weighted by atomic mass is 9.92. The first kappa shape index (κ1) is 16.9. The lowest BCUT2D eigenvalue weighted by molar-refractivity contribution is -0.139. The number of carbonyl (C=O) groups excluding carboxylic acids is 2. The largest absolute Gasteiger partial charge is 0.341 e. The fraction of sp³-hybridized carbons (Fsp3) is 0.556. The molecule has 0 bridgehead atoms. The van der Waals surface area contributed by atoms with E-state index >= 15 is 0 Å². The van der Waals surface area contributed by atoms with Crippen molar-refractivity contribution in [1.82, 2.24) is 4.90 Å². The van der Waals surface area contributed by atoms with Crippen molar-refractivity contribution >= 4 is 17.5 Å². The Morgan fingerprint density at radius 3 is 2.29 bits per heavy atom. The zero-order valence-electron chi connectivity index (χ0n) is 13.8. The SMILES string of the molecule is NC1(C(=O)N2CCC(C(=O)Nc3ccc(F)cc3)CC2)CCCC1. The summed E-state index contributed by atoms with van der Waals surface area (Å²) in [5.74, 6) is -0.492. The van der Waals surface area contributed by atoms with Crippen LogP contribution in [0.4, 0.5) is 10.1 Å². The molecule has 2 amide bonds. The van der Waals surface area contributed by atoms with E-state index in [1.54, 1.807) is 12.1 Å². The topological polar surface area (TPSA) is 75.4 Å². The highest BCUT2D eigenvalue weighted by Crippen LogP contribution is 2.30. The van der Waals surface area contributed by atoms with Crippen molar-refractivity contribution < 1.29 is 14.0 Å². The molecule has 6 heteroatoms. The molecule has 2 fully saturated rings. The fourth-order valence-electron chi connectivity index (χ4n) is 3.66. The van der Waals surface area contributed by atoms with E-state index in [4.69, 9.17) is 5.73 Å². The van der Waals surface area contributed by atoms with Crippen LogP contribution in [-0.2, 0) is 9.59 Å². The first-order valence-corrected chi connectivity index (χ1v) is 8.63. The lowest BCUT2D eigenvalue weighted by Crippen LogP contribution is -2.55. The molecule has 0 spiro atoms. The molecule has 1 aliphatic carbocycles. The molecule has 1 aromatic rings. The van der Waals surface area contributed by atoms with Crippen molar-refractivity contribution in [2.75, 3.05) is 18.4 Å². The van der Waals surface area contributed by atoms with Crippen LogP contribution in [0.1, 0.15) is 38.5 Å². The summed E-state index contributed by atoms with van der Waals surface area (Å²) in [4.78, 5) is 26.7. The average Bonchev–Trinajstić information content (AvgIpc) is 3.04. The van der Waals surface area contributed by atoms with Gasteiger partial charge in [0, 0.05) is 24.7 Å². The Balaban J connectivity index is 1.52. The van der Waals surface area contributed by atoms with Gasteiger partial charge in [0.1, 0.15) is 5.82 Å². The first-order valence-electron chi connectivity index (χ1n) is 8.63. The third-order valence-electron chi connectivity index (χ3n) is 5.19. The van der Waals surface area contributed by atoms with Crippen LogP contribution in [0.15, 0.2) is 24.3 Å². The van der Waals surface area contributed by atoms with Crippen LogP contribution in [-0.4, -0.2) is 35.3 Å². The summed E-state index contributed by atoms with van der Waals surface area (Å²) in [6.07, 6.45) is 4.81. The molecule has 1 saturated carbocycles. The van der Waals surface area contributed by atoms with Crippen LogP contribution in [0.5, 0.6) is 0 Å². The minimum absolute atomic E-state index is 0.0393. The van der Waals surface area contributed by atoms with Gasteiger partial charge in [-0.15, -0.1) is 0 Å². The van der Waals surface area contributed by atoms with Gasteiger partial charge in [-0.2, -0.15) is 0 Å². The van der Waals surface area contributed by atoms with Crippen LogP contribution in [0, 0.1) is 11.7 Å². The molecule has 1 saturated heterocycles. The van der Waals surface area contributed by atoms with Crippen molar-refractivity contribution in [3.63, 3.8) is 0 Å². The predicted molar refractivity (Wildman–Crippen MR) is 89.7 cm³/mol. The number of benzene rings is 1. The molecule has 1 aromatic carbocycles. The van der Waals surface area contributed by atoms with Gasteiger partial charge in [-0.25, -0.2) is 4.39 Å². The maximum Gasteiger partial charge on any atom is 0.242 e. The highest BCUT2D eigenvalue weighted by atomic mass is 19.1. The molecule has 1 heterocycles. The molecule has 2 aliphatic rings. The Morgan fingerprint density at radius 1 is 1.12 bits per heavy atom. The van der Waals surface area contributed by atoms with Crippen molar-refractivity contribution in [2.45, 2.75) is 44.1 Å². The van der Waals surface area contributed by atoms with Gasteiger partial charge < -0.3 is 16.0 Å². The van der Waals surface area contributed by atoms with Crippen molar-refractivity contribution in [1.29, 1.82) is 0 Å². The quantitative estimate of drug-likeness (QED) is 0.891. The van der Waals surface area contributed by atoms with Crippen LogP contribution < -0.4 is 11.1 Å². The third-order valence-corrected chi connectivity index (χ3v) is 5.19. The third kappa shape index (κ3) is 3.59. The molecular weight excluding hydrogens is 309 g/mol. The number of hydrogen-bond acceptors (Lipinski definition) is 3. The molecule has 1 aliphatic heterocycles. The van der Waals surface area contributed by atoms with Crippen LogP contribution in [0.3, 0.4) is 0 Å². The Bertz CT molecular complexity index is 603. The fourth-order valence-corrected chi connectivity index (χ4v) is 3.66. The van der Waals surface area contributed by atoms with E-state index in [-0.39, 0.29) is 23.5 Å². The van der Waals surface area contributed by atoms with Gasteiger partial charge in [-0.1, -0.05) is 12.8 Å². The van der Waals surface area contributed by atoms with Crippen LogP contribution in [0.2, 0.25) is 0 Å². The van der Waals surface area contributed by atoms with Gasteiger partial charge >= 0.3 is 0 Å². The number of amides is 2. The Labute approximate surface area is 141 Å². The van der Waals surface area contributed by atoms with E-state index in [1.165, 1.54) is 12.1 Å². The van der Waals surface area contributed by atoms with Crippen LogP contribution >= 0.6 is 0 Å². The number of carbonyl (C=O) groups is 2. The Kier molecular flexibility index (Phi) is 4.85. The number of nitrogens with one attached hydrogen (secondary N) is 1. The Hall–Kier alpha value is -1.95. The van der Waals surface area contributed by atoms with Gasteiger partial charge in [0.15, 0.2) is 0 Å². The standard InChI is InChI=1S/C18H24FN3O2/c19-14-3-5-15(6-4-14)21-16(23)13-7-11-22(12-8-13)17(24)18(20)9-1-2-10-18/h3-6,13H,1-2,7-12,20H2,(H,21,23). The number of hydrogen-bond donors (Lipinski definition) is 2. The summed E-state index contributed by atoms with van der Waals surface area (Å²) in [5.41, 5.74) is 6.14. The number of anilines is 1. The van der Waals surface area contributed by atoms with E-state index in [0.29, 0.717) is 31.6 Å². The van der Waals surface area contributed by atoms with E-state index in [9.17, 15) is 14.0 Å². The summed E-state index contributed by atoms with van der Waals surface area (Å²) in [6, 6.07) is 5.73. The van der Waals surface area contributed by atoms with E-state index in [1.807, 2.05) is 4.90 Å². The van der Waals surface area contributed by atoms with Crippen molar-refractivity contribution in [3.8, 4) is 0 Å². The van der Waals surface area contributed by atoms with E-state index < -0.39 is 5.54 Å². The molecule has 130 valence electrons. The van der Waals surface area contributed by atoms with Gasteiger partial charge in [-0.05, 0) is 49.9 Å². The highest BCUT2D eigenvalue weighted by Gasteiger charge is 2.41. The second kappa shape index (κ2) is 6.89. The smallest absolute Gasteiger partial charge is 0.242 e. The highest BCUT2D eigenvalue weighted by molar-refractivity contribution is 5.93. The van der Waals surface area contributed by atoms with E-state index in [0.717, 1.165) is 25.7 Å². The number of nitrogens with zero attached hydrogens (tertiary/aromatic N) is 1. The van der Waals surface area contributed by atoms with Crippen molar-refractivity contribution in [3.05, 3.63) is 30.1 Å². The van der Waals surface area contributed by atoms with Gasteiger partial charge in [0.2, 0.25) is 11.8 Å². The molecule has 0 unspecified atom stereocenters. The van der Waals surface area contributed by atoms with Gasteiger partial charge in [-0.3, -0.25) is 9.59 Å². The molecule has 0 radical (unpaired) electrons. The monoisotopic (exact) mass is 333 g/mol. The molecular formula is C18H24FN3O2. The first-order chi connectivity index (χ1) is 11.5. The molecule has 5 nitrogen and oxygen atoms in total. The predicted octanol–water partition coefficient (Wildman–Crippen LogP) is 2.27. The number of likely N-dealkylation sites (tertiary alicyclic amines) is 1. The summed E-state index contributed by atoms with van der Waals surface area (Å²) in [5, 5.41) is 2.81. The van der Waals surface area contributed by atoms with Crippen LogP contribution in [0.25, 0.3) is 0 Å². The minimum Gasteiger partial charge on any atom is -0.341 e. The normalized spacial score (nSPS) is 20.8.